The van der Waals surface area contributed by atoms with E-state index in [1.807, 2.05) is 6.92 Å². The van der Waals surface area contributed by atoms with Crippen LogP contribution >= 0.6 is 0 Å². The minimum atomic E-state index is -0.509. The van der Waals surface area contributed by atoms with Crippen molar-refractivity contribution in [2.24, 2.45) is 0 Å². The van der Waals surface area contributed by atoms with Crippen LogP contribution < -0.4 is 4.74 Å². The van der Waals surface area contributed by atoms with Gasteiger partial charge in [0.1, 0.15) is 0 Å². The van der Waals surface area contributed by atoms with E-state index >= 15 is 0 Å². The number of ketones is 1. The van der Waals surface area contributed by atoms with E-state index in [2.05, 4.69) is 4.98 Å². The number of carbonyl (C=O) groups is 1. The molecule has 0 N–H and O–H groups in total. The third-order valence-corrected chi connectivity index (χ3v) is 2.99. The van der Waals surface area contributed by atoms with Crippen LogP contribution in [0.15, 0.2) is 36.5 Å². The monoisotopic (exact) mass is 286 g/mol. The van der Waals surface area contributed by atoms with Crippen molar-refractivity contribution in [3.8, 4) is 11.6 Å². The lowest BCUT2D eigenvalue weighted by Gasteiger charge is -2.09. The summed E-state index contributed by atoms with van der Waals surface area (Å²) in [7, 11) is 0. The lowest BCUT2D eigenvalue weighted by atomic mass is 10.1. The Morgan fingerprint density at radius 1 is 1.38 bits per heavy atom. The summed E-state index contributed by atoms with van der Waals surface area (Å²) in [4.78, 5) is 26.1. The Hall–Kier alpha value is -2.76. The van der Waals surface area contributed by atoms with Crippen molar-refractivity contribution in [2.45, 2.75) is 20.3 Å². The minimum absolute atomic E-state index is 0.0670. The second-order valence-electron chi connectivity index (χ2n) is 4.43. The third kappa shape index (κ3) is 3.22. The van der Waals surface area contributed by atoms with E-state index < -0.39 is 4.92 Å². The molecule has 0 aliphatic rings. The van der Waals surface area contributed by atoms with E-state index in [0.717, 1.165) is 5.56 Å². The molecular weight excluding hydrogens is 272 g/mol. The van der Waals surface area contributed by atoms with E-state index in [1.54, 1.807) is 18.2 Å². The number of pyridine rings is 1. The van der Waals surface area contributed by atoms with Gasteiger partial charge in [0.2, 0.25) is 11.6 Å². The molecule has 0 amide bonds. The van der Waals surface area contributed by atoms with Crippen molar-refractivity contribution in [1.82, 2.24) is 4.98 Å². The number of nitro benzene ring substituents is 1. The first-order chi connectivity index (χ1) is 10.0. The normalized spacial score (nSPS) is 10.2. The predicted molar refractivity (Wildman–Crippen MR) is 76.8 cm³/mol. The van der Waals surface area contributed by atoms with E-state index in [9.17, 15) is 14.9 Å². The summed E-state index contributed by atoms with van der Waals surface area (Å²) in [6.07, 6.45) is 2.15. The highest BCUT2D eigenvalue weighted by Crippen LogP contribution is 2.32. The van der Waals surface area contributed by atoms with Gasteiger partial charge in [0.15, 0.2) is 5.78 Å². The van der Waals surface area contributed by atoms with E-state index in [-0.39, 0.29) is 28.7 Å². The van der Waals surface area contributed by atoms with Crippen LogP contribution in [0.1, 0.15) is 29.8 Å². The first-order valence-corrected chi connectivity index (χ1v) is 6.44. The zero-order valence-electron chi connectivity index (χ0n) is 11.7. The highest BCUT2D eigenvalue weighted by Gasteiger charge is 2.19. The van der Waals surface area contributed by atoms with Crippen LogP contribution in [-0.4, -0.2) is 15.7 Å². The Morgan fingerprint density at radius 3 is 2.76 bits per heavy atom. The molecule has 0 atom stereocenters. The van der Waals surface area contributed by atoms with Crippen molar-refractivity contribution < 1.29 is 14.5 Å². The third-order valence-electron chi connectivity index (χ3n) is 2.99. The van der Waals surface area contributed by atoms with Crippen LogP contribution in [-0.2, 0) is 6.42 Å². The van der Waals surface area contributed by atoms with Gasteiger partial charge in [-0.3, -0.25) is 14.9 Å². The van der Waals surface area contributed by atoms with Crippen LogP contribution in [0, 0.1) is 10.1 Å². The summed E-state index contributed by atoms with van der Waals surface area (Å²) in [6, 6.07) is 7.91. The Labute approximate surface area is 121 Å². The molecule has 1 aromatic heterocycles. The molecule has 2 aromatic rings. The number of ether oxygens (including phenoxy) is 1. The van der Waals surface area contributed by atoms with Crippen molar-refractivity contribution in [1.29, 1.82) is 0 Å². The number of benzene rings is 1. The van der Waals surface area contributed by atoms with Gasteiger partial charge < -0.3 is 4.74 Å². The number of carbonyl (C=O) groups excluding carboxylic acids is 1. The van der Waals surface area contributed by atoms with Crippen LogP contribution in [0.2, 0.25) is 0 Å². The highest BCUT2D eigenvalue weighted by atomic mass is 16.6. The molecule has 0 bridgehead atoms. The Kier molecular flexibility index (Phi) is 4.27. The molecule has 0 radical (unpaired) electrons. The van der Waals surface area contributed by atoms with Gasteiger partial charge in [0.25, 0.3) is 0 Å². The topological polar surface area (TPSA) is 82.3 Å². The lowest BCUT2D eigenvalue weighted by molar-refractivity contribution is -0.385. The molecule has 108 valence electrons. The average molecular weight is 286 g/mol. The van der Waals surface area contributed by atoms with Gasteiger partial charge in [-0.15, -0.1) is 0 Å². The first-order valence-electron chi connectivity index (χ1n) is 6.44. The molecule has 0 unspecified atom stereocenters. The molecule has 0 saturated heterocycles. The van der Waals surface area contributed by atoms with Crippen LogP contribution in [0.3, 0.4) is 0 Å². The van der Waals surface area contributed by atoms with Crippen LogP contribution in [0.5, 0.6) is 11.6 Å². The quantitative estimate of drug-likeness (QED) is 0.477. The second kappa shape index (κ2) is 6.13. The van der Waals surface area contributed by atoms with Crippen LogP contribution in [0.25, 0.3) is 0 Å². The number of Topliss-reactive ketones (excluding diaryl/α,β-unsaturated/α-hetero) is 1. The Balaban J connectivity index is 2.45. The van der Waals surface area contributed by atoms with Gasteiger partial charge >= 0.3 is 5.69 Å². The van der Waals surface area contributed by atoms with Crippen molar-refractivity contribution in [3.63, 3.8) is 0 Å². The lowest BCUT2D eigenvalue weighted by Crippen LogP contribution is -2.01. The Morgan fingerprint density at radius 2 is 2.14 bits per heavy atom. The van der Waals surface area contributed by atoms with Gasteiger partial charge in [0, 0.05) is 12.3 Å². The van der Waals surface area contributed by atoms with Gasteiger partial charge in [-0.25, -0.2) is 4.98 Å². The molecule has 21 heavy (non-hydrogen) atoms. The van der Waals surface area contributed by atoms with Gasteiger partial charge in [-0.1, -0.05) is 13.0 Å². The molecule has 0 fully saturated rings. The minimum Gasteiger partial charge on any atom is -0.431 e. The molecular formula is C15H14N2O4. The summed E-state index contributed by atoms with van der Waals surface area (Å²) in [5, 5.41) is 11.1. The number of rotatable bonds is 5. The summed E-state index contributed by atoms with van der Waals surface area (Å²) in [5.74, 6) is -0.0818. The summed E-state index contributed by atoms with van der Waals surface area (Å²) in [6.45, 7) is 3.30. The molecule has 0 aliphatic carbocycles. The standard InChI is InChI=1S/C15H14N2O4/c1-3-11-6-7-14(13(9-11)17(19)20)21-15-12(10(2)18)5-4-8-16-15/h4-9H,3H2,1-2H3. The smallest absolute Gasteiger partial charge is 0.311 e. The fourth-order valence-corrected chi connectivity index (χ4v) is 1.86. The fourth-order valence-electron chi connectivity index (χ4n) is 1.86. The molecule has 6 nitrogen and oxygen atoms in total. The number of hydrogen-bond acceptors (Lipinski definition) is 5. The number of nitro groups is 1. The molecule has 0 aliphatic heterocycles. The molecule has 1 heterocycles. The fraction of sp³-hybridized carbons (Fsp3) is 0.200. The highest BCUT2D eigenvalue weighted by molar-refractivity contribution is 5.96. The van der Waals surface area contributed by atoms with E-state index in [0.29, 0.717) is 6.42 Å². The van der Waals surface area contributed by atoms with E-state index in [4.69, 9.17) is 4.74 Å². The predicted octanol–water partition coefficient (Wildman–Crippen LogP) is 3.55. The number of hydrogen-bond donors (Lipinski definition) is 0. The summed E-state index contributed by atoms with van der Waals surface area (Å²) in [5.41, 5.74) is 0.975. The van der Waals surface area contributed by atoms with Crippen molar-refractivity contribution >= 4 is 11.5 Å². The summed E-state index contributed by atoms with van der Waals surface area (Å²) < 4.78 is 5.49. The maximum absolute atomic E-state index is 11.5. The molecule has 2 rings (SSSR count). The number of nitrogens with zero attached hydrogens (tertiary/aromatic N) is 2. The molecule has 0 saturated carbocycles. The average Bonchev–Trinajstić information content (AvgIpc) is 2.47. The van der Waals surface area contributed by atoms with Crippen molar-refractivity contribution in [3.05, 3.63) is 57.8 Å². The largest absolute Gasteiger partial charge is 0.431 e. The zero-order valence-corrected chi connectivity index (χ0v) is 11.7. The first kappa shape index (κ1) is 14.6. The number of aromatic nitrogens is 1. The Bertz CT molecular complexity index is 698. The summed E-state index contributed by atoms with van der Waals surface area (Å²) >= 11 is 0. The molecule has 1 aromatic carbocycles. The van der Waals surface area contributed by atoms with Gasteiger partial charge in [0.05, 0.1) is 10.5 Å². The van der Waals surface area contributed by atoms with Gasteiger partial charge in [-0.05, 0) is 37.1 Å². The van der Waals surface area contributed by atoms with Gasteiger partial charge in [-0.2, -0.15) is 0 Å². The van der Waals surface area contributed by atoms with Crippen LogP contribution in [0.4, 0.5) is 5.69 Å². The van der Waals surface area contributed by atoms with E-state index in [1.165, 1.54) is 25.3 Å². The number of aryl methyl sites for hydroxylation is 1. The zero-order chi connectivity index (χ0) is 15.4. The second-order valence-corrected chi connectivity index (χ2v) is 4.43. The molecule has 6 heteroatoms. The van der Waals surface area contributed by atoms with Crippen molar-refractivity contribution in [2.75, 3.05) is 0 Å². The SMILES string of the molecule is CCc1ccc(Oc2ncccc2C(C)=O)c([N+](=O)[O-])c1. The molecule has 0 spiro atoms. The maximum atomic E-state index is 11.5. The maximum Gasteiger partial charge on any atom is 0.311 e.